The van der Waals surface area contributed by atoms with Crippen molar-refractivity contribution < 1.29 is 27.4 Å². The largest absolute Gasteiger partial charge is 0.454 e. The van der Waals surface area contributed by atoms with E-state index in [1.807, 2.05) is 0 Å². The van der Waals surface area contributed by atoms with Crippen LogP contribution in [0, 0.1) is 0 Å². The number of esters is 1. The van der Waals surface area contributed by atoms with E-state index in [1.165, 1.54) is 22.5 Å². The van der Waals surface area contributed by atoms with E-state index in [0.717, 1.165) is 19.3 Å². The summed E-state index contributed by atoms with van der Waals surface area (Å²) in [4.78, 5) is 12.6. The standard InChI is InChI=1S/C19H19NO6S/c21-19(26-15-7-8-17-18(12-15)25-13-24-17)14-5-4-6-16(11-14)27(22,23)20-9-2-1-3-10-20/h4-8,11-12H,1-3,9-10,13H2. The van der Waals surface area contributed by atoms with Gasteiger partial charge in [0, 0.05) is 19.2 Å². The first-order valence-electron chi connectivity index (χ1n) is 8.76. The molecule has 2 aliphatic heterocycles. The van der Waals surface area contributed by atoms with Crippen molar-refractivity contribution in [2.24, 2.45) is 0 Å². The highest BCUT2D eigenvalue weighted by atomic mass is 32.2. The number of nitrogens with zero attached hydrogens (tertiary/aromatic N) is 1. The van der Waals surface area contributed by atoms with Crippen molar-refractivity contribution >= 4 is 16.0 Å². The highest BCUT2D eigenvalue weighted by Gasteiger charge is 2.26. The van der Waals surface area contributed by atoms with Gasteiger partial charge in [0.1, 0.15) is 5.75 Å². The Hall–Kier alpha value is -2.58. The summed E-state index contributed by atoms with van der Waals surface area (Å²) in [6, 6.07) is 10.8. The molecule has 2 heterocycles. The Balaban J connectivity index is 1.54. The molecule has 142 valence electrons. The van der Waals surface area contributed by atoms with Crippen molar-refractivity contribution in [1.82, 2.24) is 4.31 Å². The molecule has 0 radical (unpaired) electrons. The smallest absolute Gasteiger partial charge is 0.343 e. The molecular formula is C19H19NO6S. The van der Waals surface area contributed by atoms with Gasteiger partial charge in [-0.05, 0) is 43.2 Å². The Bertz CT molecular complexity index is 966. The van der Waals surface area contributed by atoms with Crippen molar-refractivity contribution in [1.29, 1.82) is 0 Å². The molecule has 8 heteroatoms. The van der Waals surface area contributed by atoms with Crippen LogP contribution in [0.25, 0.3) is 0 Å². The van der Waals surface area contributed by atoms with E-state index in [1.54, 1.807) is 24.3 Å². The van der Waals surface area contributed by atoms with Crippen molar-refractivity contribution in [3.05, 3.63) is 48.0 Å². The van der Waals surface area contributed by atoms with Crippen LogP contribution in [0.1, 0.15) is 29.6 Å². The summed E-state index contributed by atoms with van der Waals surface area (Å²) in [6.07, 6.45) is 2.74. The van der Waals surface area contributed by atoms with Gasteiger partial charge in [0.2, 0.25) is 16.8 Å². The van der Waals surface area contributed by atoms with Gasteiger partial charge in [0.15, 0.2) is 11.5 Å². The maximum atomic E-state index is 12.8. The zero-order chi connectivity index (χ0) is 18.9. The fourth-order valence-corrected chi connectivity index (χ4v) is 4.71. The molecule has 0 atom stereocenters. The number of ether oxygens (including phenoxy) is 3. The van der Waals surface area contributed by atoms with Gasteiger partial charge in [-0.1, -0.05) is 12.5 Å². The van der Waals surface area contributed by atoms with E-state index in [4.69, 9.17) is 14.2 Å². The second-order valence-corrected chi connectivity index (χ2v) is 8.34. The van der Waals surface area contributed by atoms with Gasteiger partial charge < -0.3 is 14.2 Å². The summed E-state index contributed by atoms with van der Waals surface area (Å²) in [5.41, 5.74) is 0.172. The minimum absolute atomic E-state index is 0.101. The SMILES string of the molecule is O=C(Oc1ccc2c(c1)OCO2)c1cccc(S(=O)(=O)N2CCCCC2)c1. The monoisotopic (exact) mass is 389 g/mol. The van der Waals surface area contributed by atoms with Gasteiger partial charge in [0.25, 0.3) is 0 Å². The molecule has 2 aliphatic rings. The van der Waals surface area contributed by atoms with Crippen LogP contribution in [-0.4, -0.2) is 38.6 Å². The average Bonchev–Trinajstić information content (AvgIpc) is 3.16. The van der Waals surface area contributed by atoms with E-state index < -0.39 is 16.0 Å². The van der Waals surface area contributed by atoms with Gasteiger partial charge in [-0.2, -0.15) is 4.31 Å². The van der Waals surface area contributed by atoms with Crippen LogP contribution in [-0.2, 0) is 10.0 Å². The molecular weight excluding hydrogens is 370 g/mol. The zero-order valence-electron chi connectivity index (χ0n) is 14.6. The van der Waals surface area contributed by atoms with Crippen molar-refractivity contribution in [3.8, 4) is 17.2 Å². The molecule has 0 aliphatic carbocycles. The van der Waals surface area contributed by atoms with Crippen LogP contribution < -0.4 is 14.2 Å². The van der Waals surface area contributed by atoms with Gasteiger partial charge in [-0.25, -0.2) is 13.2 Å². The molecule has 0 N–H and O–H groups in total. The highest BCUT2D eigenvalue weighted by molar-refractivity contribution is 7.89. The number of rotatable bonds is 4. The number of piperidine rings is 1. The lowest BCUT2D eigenvalue weighted by Gasteiger charge is -2.25. The first-order chi connectivity index (χ1) is 13.0. The van der Waals surface area contributed by atoms with E-state index >= 15 is 0 Å². The summed E-state index contributed by atoms with van der Waals surface area (Å²) < 4.78 is 42.9. The topological polar surface area (TPSA) is 82.1 Å². The molecule has 1 fully saturated rings. The third kappa shape index (κ3) is 3.63. The Labute approximate surface area is 157 Å². The molecule has 0 saturated carbocycles. The molecule has 0 aromatic heterocycles. The summed E-state index contributed by atoms with van der Waals surface area (Å²) in [5, 5.41) is 0. The van der Waals surface area contributed by atoms with Gasteiger partial charge >= 0.3 is 5.97 Å². The lowest BCUT2D eigenvalue weighted by Crippen LogP contribution is -2.35. The number of sulfonamides is 1. The van der Waals surface area contributed by atoms with Gasteiger partial charge in [-0.3, -0.25) is 0 Å². The number of benzene rings is 2. The van der Waals surface area contributed by atoms with Crippen molar-refractivity contribution in [2.75, 3.05) is 19.9 Å². The maximum absolute atomic E-state index is 12.8. The third-order valence-electron chi connectivity index (χ3n) is 4.58. The summed E-state index contributed by atoms with van der Waals surface area (Å²) in [6.45, 7) is 1.14. The second kappa shape index (κ2) is 7.21. The maximum Gasteiger partial charge on any atom is 0.343 e. The predicted molar refractivity (Wildman–Crippen MR) is 96.6 cm³/mol. The van der Waals surface area contributed by atoms with Crippen LogP contribution in [0.15, 0.2) is 47.4 Å². The molecule has 0 amide bonds. The molecule has 27 heavy (non-hydrogen) atoms. The third-order valence-corrected chi connectivity index (χ3v) is 6.47. The van der Waals surface area contributed by atoms with E-state index in [2.05, 4.69) is 0 Å². The van der Waals surface area contributed by atoms with Crippen LogP contribution in [0.3, 0.4) is 0 Å². The predicted octanol–water partition coefficient (Wildman–Crippen LogP) is 2.81. The molecule has 7 nitrogen and oxygen atoms in total. The molecule has 0 spiro atoms. The van der Waals surface area contributed by atoms with Crippen molar-refractivity contribution in [3.63, 3.8) is 0 Å². The summed E-state index contributed by atoms with van der Waals surface area (Å²) in [7, 11) is -3.61. The van der Waals surface area contributed by atoms with Crippen molar-refractivity contribution in [2.45, 2.75) is 24.2 Å². The van der Waals surface area contributed by atoms with Gasteiger partial charge in [-0.15, -0.1) is 0 Å². The Kier molecular flexibility index (Phi) is 4.75. The average molecular weight is 389 g/mol. The molecule has 0 unspecified atom stereocenters. The second-order valence-electron chi connectivity index (χ2n) is 6.40. The quantitative estimate of drug-likeness (QED) is 0.591. The van der Waals surface area contributed by atoms with Crippen LogP contribution in [0.5, 0.6) is 17.2 Å². The van der Waals surface area contributed by atoms with E-state index in [-0.39, 0.29) is 17.3 Å². The number of hydrogen-bond acceptors (Lipinski definition) is 6. The number of carbonyl (C=O) groups is 1. The summed E-state index contributed by atoms with van der Waals surface area (Å²) >= 11 is 0. The Morgan fingerprint density at radius 2 is 1.74 bits per heavy atom. The van der Waals surface area contributed by atoms with Crippen LogP contribution in [0.4, 0.5) is 0 Å². The zero-order valence-corrected chi connectivity index (χ0v) is 15.4. The van der Waals surface area contributed by atoms with E-state index in [0.29, 0.717) is 30.3 Å². The molecule has 0 bridgehead atoms. The lowest BCUT2D eigenvalue weighted by molar-refractivity contribution is 0.0734. The fraction of sp³-hybridized carbons (Fsp3) is 0.316. The fourth-order valence-electron chi connectivity index (χ4n) is 3.14. The number of carbonyl (C=O) groups excluding carboxylic acids is 1. The molecule has 2 aromatic carbocycles. The first-order valence-corrected chi connectivity index (χ1v) is 10.2. The van der Waals surface area contributed by atoms with Crippen LogP contribution >= 0.6 is 0 Å². The Morgan fingerprint density at radius 1 is 0.963 bits per heavy atom. The van der Waals surface area contributed by atoms with E-state index in [9.17, 15) is 13.2 Å². The Morgan fingerprint density at radius 3 is 2.56 bits per heavy atom. The highest BCUT2D eigenvalue weighted by Crippen LogP contribution is 2.35. The molecule has 1 saturated heterocycles. The normalized spacial score (nSPS) is 16.9. The van der Waals surface area contributed by atoms with Gasteiger partial charge in [0.05, 0.1) is 10.5 Å². The minimum Gasteiger partial charge on any atom is -0.454 e. The molecule has 4 rings (SSSR count). The van der Waals surface area contributed by atoms with Crippen LogP contribution in [0.2, 0.25) is 0 Å². The number of fused-ring (bicyclic) bond motifs is 1. The first kappa shape index (κ1) is 17.8. The molecule has 2 aromatic rings. The lowest BCUT2D eigenvalue weighted by atomic mass is 10.2. The number of hydrogen-bond donors (Lipinski definition) is 0. The summed E-state index contributed by atoms with van der Waals surface area (Å²) in [5.74, 6) is 0.754. The minimum atomic E-state index is -3.61.